The molecule has 0 unspecified atom stereocenters. The van der Waals surface area contributed by atoms with Crippen molar-refractivity contribution in [1.82, 2.24) is 0 Å². The third-order valence-corrected chi connectivity index (χ3v) is 2.04. The van der Waals surface area contributed by atoms with Gasteiger partial charge in [0, 0.05) is 12.3 Å². The molecular weight excluding hydrogens is 202 g/mol. The Morgan fingerprint density at radius 3 is 2.62 bits per heavy atom. The Morgan fingerprint density at radius 2 is 1.94 bits per heavy atom. The van der Waals surface area contributed by atoms with Gasteiger partial charge in [0.1, 0.15) is 0 Å². The first-order valence-corrected chi connectivity index (χ1v) is 5.68. The third kappa shape index (κ3) is 5.73. The maximum Gasteiger partial charge on any atom is 0.0718 e. The van der Waals surface area contributed by atoms with Crippen LogP contribution in [0.3, 0.4) is 0 Å². The van der Waals surface area contributed by atoms with Gasteiger partial charge in [-0.3, -0.25) is 0 Å². The van der Waals surface area contributed by atoms with Crippen LogP contribution in [-0.4, -0.2) is 19.8 Å². The molecule has 0 aromatic heterocycles. The lowest BCUT2D eigenvalue weighted by Crippen LogP contribution is -2.08. The van der Waals surface area contributed by atoms with Crippen LogP contribution in [0.4, 0.5) is 5.69 Å². The molecule has 0 atom stereocenters. The van der Waals surface area contributed by atoms with Gasteiger partial charge in [-0.2, -0.15) is 0 Å². The number of ether oxygens (including phenoxy) is 2. The molecular formula is C13H21NO2. The third-order valence-electron chi connectivity index (χ3n) is 2.04. The average molecular weight is 223 g/mol. The SMILES string of the molecule is CC(C)COCCOCc1cccc(N)c1. The van der Waals surface area contributed by atoms with Crippen LogP contribution in [0, 0.1) is 5.92 Å². The van der Waals surface area contributed by atoms with E-state index in [2.05, 4.69) is 13.8 Å². The van der Waals surface area contributed by atoms with E-state index in [1.165, 1.54) is 0 Å². The molecule has 0 spiro atoms. The standard InChI is InChI=1S/C13H21NO2/c1-11(2)9-15-6-7-16-10-12-4-3-5-13(14)8-12/h3-5,8,11H,6-7,9-10,14H2,1-2H3. The average Bonchev–Trinajstić information content (AvgIpc) is 2.23. The molecule has 0 aliphatic heterocycles. The highest BCUT2D eigenvalue weighted by atomic mass is 16.5. The van der Waals surface area contributed by atoms with E-state index in [0.29, 0.717) is 25.7 Å². The molecule has 3 nitrogen and oxygen atoms in total. The van der Waals surface area contributed by atoms with Gasteiger partial charge in [-0.25, -0.2) is 0 Å². The van der Waals surface area contributed by atoms with Crippen LogP contribution < -0.4 is 5.73 Å². The summed E-state index contributed by atoms with van der Waals surface area (Å²) in [5.74, 6) is 0.578. The van der Waals surface area contributed by atoms with Crippen molar-refractivity contribution < 1.29 is 9.47 Å². The van der Waals surface area contributed by atoms with Gasteiger partial charge < -0.3 is 15.2 Å². The molecule has 1 rings (SSSR count). The fraction of sp³-hybridized carbons (Fsp3) is 0.538. The summed E-state index contributed by atoms with van der Waals surface area (Å²) in [4.78, 5) is 0. The van der Waals surface area contributed by atoms with Gasteiger partial charge in [-0.15, -0.1) is 0 Å². The first kappa shape index (κ1) is 13.0. The van der Waals surface area contributed by atoms with Crippen LogP contribution in [0.2, 0.25) is 0 Å². The highest BCUT2D eigenvalue weighted by molar-refractivity contribution is 5.40. The zero-order chi connectivity index (χ0) is 11.8. The predicted molar refractivity (Wildman–Crippen MR) is 66.2 cm³/mol. The van der Waals surface area contributed by atoms with Crippen LogP contribution >= 0.6 is 0 Å². The summed E-state index contributed by atoms with van der Waals surface area (Å²) < 4.78 is 10.9. The summed E-state index contributed by atoms with van der Waals surface area (Å²) >= 11 is 0. The van der Waals surface area contributed by atoms with Gasteiger partial charge in [0.15, 0.2) is 0 Å². The van der Waals surface area contributed by atoms with Crippen molar-refractivity contribution in [2.45, 2.75) is 20.5 Å². The Bertz CT molecular complexity index is 300. The van der Waals surface area contributed by atoms with E-state index >= 15 is 0 Å². The highest BCUT2D eigenvalue weighted by Gasteiger charge is 1.96. The molecule has 90 valence electrons. The summed E-state index contributed by atoms with van der Waals surface area (Å²) in [5.41, 5.74) is 7.54. The molecule has 0 saturated heterocycles. The van der Waals surface area contributed by atoms with E-state index in [-0.39, 0.29) is 0 Å². The van der Waals surface area contributed by atoms with E-state index in [0.717, 1.165) is 17.9 Å². The second-order valence-electron chi connectivity index (χ2n) is 4.27. The van der Waals surface area contributed by atoms with E-state index in [1.807, 2.05) is 24.3 Å². The van der Waals surface area contributed by atoms with Crippen LogP contribution in [0.25, 0.3) is 0 Å². The maximum absolute atomic E-state index is 5.66. The van der Waals surface area contributed by atoms with E-state index in [1.54, 1.807) is 0 Å². The molecule has 0 aliphatic carbocycles. The quantitative estimate of drug-likeness (QED) is 0.570. The zero-order valence-corrected chi connectivity index (χ0v) is 10.1. The number of hydrogen-bond acceptors (Lipinski definition) is 3. The second-order valence-corrected chi connectivity index (χ2v) is 4.27. The van der Waals surface area contributed by atoms with Gasteiger partial charge in [-0.1, -0.05) is 26.0 Å². The first-order chi connectivity index (χ1) is 7.68. The smallest absolute Gasteiger partial charge is 0.0718 e. The molecule has 1 aromatic carbocycles. The van der Waals surface area contributed by atoms with Crippen LogP contribution in [0.5, 0.6) is 0 Å². The Balaban J connectivity index is 2.07. The minimum atomic E-state index is 0.578. The van der Waals surface area contributed by atoms with Crippen molar-refractivity contribution in [3.8, 4) is 0 Å². The van der Waals surface area contributed by atoms with Crippen LogP contribution in [-0.2, 0) is 16.1 Å². The molecule has 2 N–H and O–H groups in total. The monoisotopic (exact) mass is 223 g/mol. The topological polar surface area (TPSA) is 44.5 Å². The van der Waals surface area contributed by atoms with Crippen LogP contribution in [0.15, 0.2) is 24.3 Å². The molecule has 0 fully saturated rings. The molecule has 0 amide bonds. The normalized spacial score (nSPS) is 10.9. The van der Waals surface area contributed by atoms with E-state index < -0.39 is 0 Å². The fourth-order valence-electron chi connectivity index (χ4n) is 1.31. The second kappa shape index (κ2) is 7.25. The Kier molecular flexibility index (Phi) is 5.90. The van der Waals surface area contributed by atoms with Gasteiger partial charge in [-0.05, 0) is 23.6 Å². The summed E-state index contributed by atoms with van der Waals surface area (Å²) in [6.07, 6.45) is 0. The summed E-state index contributed by atoms with van der Waals surface area (Å²) in [7, 11) is 0. The van der Waals surface area contributed by atoms with Crippen molar-refractivity contribution in [3.63, 3.8) is 0 Å². The number of nitrogens with two attached hydrogens (primary N) is 1. The molecule has 16 heavy (non-hydrogen) atoms. The molecule has 0 aliphatic rings. The lowest BCUT2D eigenvalue weighted by Gasteiger charge is -2.07. The largest absolute Gasteiger partial charge is 0.399 e. The summed E-state index contributed by atoms with van der Waals surface area (Å²) in [5, 5.41) is 0. The van der Waals surface area contributed by atoms with Crippen molar-refractivity contribution in [1.29, 1.82) is 0 Å². The number of nitrogen functional groups attached to an aromatic ring is 1. The molecule has 3 heteroatoms. The van der Waals surface area contributed by atoms with Crippen molar-refractivity contribution in [2.24, 2.45) is 5.92 Å². The summed E-state index contributed by atoms with van der Waals surface area (Å²) in [6, 6.07) is 7.73. The van der Waals surface area contributed by atoms with Gasteiger partial charge in [0.05, 0.1) is 19.8 Å². The number of hydrogen-bond donors (Lipinski definition) is 1. The van der Waals surface area contributed by atoms with Crippen LogP contribution in [0.1, 0.15) is 19.4 Å². The molecule has 1 aromatic rings. The van der Waals surface area contributed by atoms with Crippen molar-refractivity contribution >= 4 is 5.69 Å². The minimum absolute atomic E-state index is 0.578. The number of benzene rings is 1. The Labute approximate surface area is 97.6 Å². The molecule has 0 saturated carbocycles. The van der Waals surface area contributed by atoms with E-state index in [9.17, 15) is 0 Å². The molecule has 0 heterocycles. The predicted octanol–water partition coefficient (Wildman–Crippen LogP) is 2.46. The van der Waals surface area contributed by atoms with E-state index in [4.69, 9.17) is 15.2 Å². The van der Waals surface area contributed by atoms with Gasteiger partial charge in [0.2, 0.25) is 0 Å². The van der Waals surface area contributed by atoms with Gasteiger partial charge in [0.25, 0.3) is 0 Å². The number of rotatable bonds is 7. The first-order valence-electron chi connectivity index (χ1n) is 5.68. The van der Waals surface area contributed by atoms with Gasteiger partial charge >= 0.3 is 0 Å². The molecule has 0 bridgehead atoms. The fourth-order valence-corrected chi connectivity index (χ4v) is 1.31. The summed E-state index contributed by atoms with van der Waals surface area (Å²) in [6.45, 7) is 6.93. The Hall–Kier alpha value is -1.06. The zero-order valence-electron chi connectivity index (χ0n) is 10.1. The lowest BCUT2D eigenvalue weighted by atomic mass is 10.2. The molecule has 0 radical (unpaired) electrons. The minimum Gasteiger partial charge on any atom is -0.399 e. The maximum atomic E-state index is 5.66. The lowest BCUT2D eigenvalue weighted by molar-refractivity contribution is 0.0315. The van der Waals surface area contributed by atoms with Crippen molar-refractivity contribution in [3.05, 3.63) is 29.8 Å². The number of anilines is 1. The highest BCUT2D eigenvalue weighted by Crippen LogP contribution is 2.07. The Morgan fingerprint density at radius 1 is 1.19 bits per heavy atom. The van der Waals surface area contributed by atoms with Crippen molar-refractivity contribution in [2.75, 3.05) is 25.6 Å².